The van der Waals surface area contributed by atoms with Crippen molar-refractivity contribution in [1.29, 1.82) is 5.41 Å². The fraction of sp³-hybridized carbons (Fsp3) is 0.667. The fourth-order valence-corrected chi connectivity index (χ4v) is 5.25. The number of hydrogen-bond donors (Lipinski definition) is 1. The zero-order valence-corrected chi connectivity index (χ0v) is 20.1. The lowest BCUT2D eigenvalue weighted by molar-refractivity contribution is -0.124. The third-order valence-corrected chi connectivity index (χ3v) is 7.67. The first-order valence-corrected chi connectivity index (χ1v) is 13.3. The van der Waals surface area contributed by atoms with E-state index in [1.807, 2.05) is 6.92 Å². The monoisotopic (exact) mass is 449 g/mol. The molecule has 1 saturated heterocycles. The van der Waals surface area contributed by atoms with E-state index in [1.165, 1.54) is 74.8 Å². The minimum Gasteiger partial charge on any atom is -0.280 e. The van der Waals surface area contributed by atoms with E-state index in [0.29, 0.717) is 6.54 Å². The van der Waals surface area contributed by atoms with Crippen LogP contribution in [0, 0.1) is 12.3 Å². The topological polar surface area (TPSA) is 81.5 Å². The number of sulfonamides is 1. The van der Waals surface area contributed by atoms with Gasteiger partial charge in [-0.15, -0.1) is 0 Å². The lowest BCUT2D eigenvalue weighted by Crippen LogP contribution is -2.37. The summed E-state index contributed by atoms with van der Waals surface area (Å²) in [7, 11) is -3.88. The van der Waals surface area contributed by atoms with Gasteiger partial charge in [0.05, 0.1) is 4.90 Å². The molecule has 7 heteroatoms. The van der Waals surface area contributed by atoms with Crippen LogP contribution < -0.4 is 0 Å². The maximum absolute atomic E-state index is 12.8. The van der Waals surface area contributed by atoms with Crippen molar-refractivity contribution in [2.24, 2.45) is 0 Å². The summed E-state index contributed by atoms with van der Waals surface area (Å²) in [5.41, 5.74) is 0.958. The average molecular weight is 450 g/mol. The molecule has 6 nitrogen and oxygen atoms in total. The van der Waals surface area contributed by atoms with Gasteiger partial charge in [0.2, 0.25) is 11.9 Å². The van der Waals surface area contributed by atoms with Gasteiger partial charge in [-0.3, -0.25) is 15.1 Å². The predicted octanol–water partition coefficient (Wildman–Crippen LogP) is 5.46. The van der Waals surface area contributed by atoms with Crippen LogP contribution in [-0.4, -0.2) is 42.6 Å². The van der Waals surface area contributed by atoms with Gasteiger partial charge in [-0.05, 0) is 25.5 Å². The van der Waals surface area contributed by atoms with Crippen LogP contribution in [-0.2, 0) is 14.8 Å². The van der Waals surface area contributed by atoms with Crippen LogP contribution in [0.1, 0.15) is 89.5 Å². The van der Waals surface area contributed by atoms with Gasteiger partial charge in [0.25, 0.3) is 10.0 Å². The van der Waals surface area contributed by atoms with Crippen molar-refractivity contribution in [3.8, 4) is 0 Å². The Morgan fingerprint density at radius 3 is 1.84 bits per heavy atom. The molecule has 174 valence electrons. The predicted molar refractivity (Wildman–Crippen MR) is 126 cm³/mol. The average Bonchev–Trinajstić information content (AvgIpc) is 3.03. The molecule has 1 amide bonds. The maximum Gasteiger partial charge on any atom is 0.267 e. The lowest BCUT2D eigenvalue weighted by atomic mass is 10.1. The molecule has 1 N–H and O–H groups in total. The van der Waals surface area contributed by atoms with Gasteiger partial charge in [-0.25, -0.2) is 12.7 Å². The minimum atomic E-state index is -3.88. The van der Waals surface area contributed by atoms with E-state index in [2.05, 4.69) is 6.92 Å². The zero-order chi connectivity index (χ0) is 22.7. The quantitative estimate of drug-likeness (QED) is 0.361. The minimum absolute atomic E-state index is 0.114. The van der Waals surface area contributed by atoms with Crippen LogP contribution in [0.5, 0.6) is 0 Å². The first-order valence-electron chi connectivity index (χ1n) is 11.9. The molecule has 1 aromatic carbocycles. The Bertz CT molecular complexity index is 806. The second-order valence-corrected chi connectivity index (χ2v) is 10.4. The van der Waals surface area contributed by atoms with E-state index < -0.39 is 10.0 Å². The molecule has 0 spiro atoms. The maximum atomic E-state index is 12.8. The summed E-state index contributed by atoms with van der Waals surface area (Å²) < 4.78 is 26.6. The van der Waals surface area contributed by atoms with E-state index >= 15 is 0 Å². The summed E-state index contributed by atoms with van der Waals surface area (Å²) in [4.78, 5) is 13.8. The van der Waals surface area contributed by atoms with Gasteiger partial charge in [-0.2, -0.15) is 0 Å². The van der Waals surface area contributed by atoms with E-state index in [0.717, 1.165) is 29.1 Å². The van der Waals surface area contributed by atoms with Gasteiger partial charge in [0.15, 0.2) is 0 Å². The standard InChI is InChI=1S/C24H39N3O3S/c1-3-4-5-6-7-8-9-10-11-12-13-14-19-26-23(28)20-27(24(26)25)31(29,30)22-17-15-21(2)16-18-22/h15-18,25H,3-14,19-20H2,1-2H3. The normalized spacial score (nSPS) is 14.6. The molecule has 0 atom stereocenters. The largest absolute Gasteiger partial charge is 0.280 e. The van der Waals surface area contributed by atoms with Crippen molar-refractivity contribution in [3.63, 3.8) is 0 Å². The highest BCUT2D eigenvalue weighted by Gasteiger charge is 2.40. The molecular formula is C24H39N3O3S. The van der Waals surface area contributed by atoms with E-state index in [9.17, 15) is 13.2 Å². The fourth-order valence-electron chi connectivity index (χ4n) is 3.91. The van der Waals surface area contributed by atoms with Gasteiger partial charge in [0.1, 0.15) is 6.54 Å². The van der Waals surface area contributed by atoms with Crippen LogP contribution in [0.4, 0.5) is 0 Å². The van der Waals surface area contributed by atoms with Gasteiger partial charge >= 0.3 is 0 Å². The zero-order valence-electron chi connectivity index (χ0n) is 19.2. The molecule has 0 aromatic heterocycles. The summed E-state index contributed by atoms with van der Waals surface area (Å²) in [6.45, 7) is 4.25. The van der Waals surface area contributed by atoms with Crippen molar-refractivity contribution in [1.82, 2.24) is 9.21 Å². The number of aryl methyl sites for hydroxylation is 1. The second-order valence-electron chi connectivity index (χ2n) is 8.58. The molecule has 2 rings (SSSR count). The number of nitrogens with one attached hydrogen (secondary N) is 1. The van der Waals surface area contributed by atoms with Crippen molar-refractivity contribution < 1.29 is 13.2 Å². The molecule has 1 aromatic rings. The first kappa shape index (κ1) is 25.4. The molecule has 0 aliphatic carbocycles. The van der Waals surface area contributed by atoms with Gasteiger partial charge in [0, 0.05) is 6.54 Å². The first-order chi connectivity index (χ1) is 14.9. The Morgan fingerprint density at radius 1 is 0.839 bits per heavy atom. The van der Waals surface area contributed by atoms with E-state index in [4.69, 9.17) is 5.41 Å². The Morgan fingerprint density at radius 2 is 1.32 bits per heavy atom. The number of carbonyl (C=O) groups excluding carboxylic acids is 1. The highest BCUT2D eigenvalue weighted by atomic mass is 32.2. The molecule has 0 saturated carbocycles. The van der Waals surface area contributed by atoms with Crippen molar-refractivity contribution >= 4 is 21.9 Å². The van der Waals surface area contributed by atoms with Crippen molar-refractivity contribution in [2.75, 3.05) is 13.1 Å². The summed E-state index contributed by atoms with van der Waals surface area (Å²) in [6, 6.07) is 6.49. The van der Waals surface area contributed by atoms with Crippen molar-refractivity contribution in [2.45, 2.75) is 95.8 Å². The van der Waals surface area contributed by atoms with E-state index in [-0.39, 0.29) is 23.3 Å². The number of guanidine groups is 1. The number of rotatable bonds is 15. The molecule has 1 fully saturated rings. The highest BCUT2D eigenvalue weighted by molar-refractivity contribution is 7.89. The highest BCUT2D eigenvalue weighted by Crippen LogP contribution is 2.22. The Balaban J connectivity index is 1.66. The van der Waals surface area contributed by atoms with Crippen LogP contribution in [0.2, 0.25) is 0 Å². The Hall–Kier alpha value is -1.89. The number of amides is 1. The second kappa shape index (κ2) is 12.8. The molecule has 31 heavy (non-hydrogen) atoms. The molecular weight excluding hydrogens is 410 g/mol. The van der Waals surface area contributed by atoms with Crippen LogP contribution >= 0.6 is 0 Å². The molecule has 0 radical (unpaired) electrons. The molecule has 0 bridgehead atoms. The van der Waals surface area contributed by atoms with Gasteiger partial charge in [-0.1, -0.05) is 95.2 Å². The number of carbonyl (C=O) groups is 1. The molecule has 1 aliphatic rings. The Labute approximate surface area is 188 Å². The number of nitrogens with zero attached hydrogens (tertiary/aromatic N) is 2. The number of benzene rings is 1. The number of hydrogen-bond acceptors (Lipinski definition) is 4. The van der Waals surface area contributed by atoms with Crippen LogP contribution in [0.25, 0.3) is 0 Å². The summed E-state index contributed by atoms with van der Waals surface area (Å²) >= 11 is 0. The Kier molecular flexibility index (Phi) is 10.5. The molecule has 1 aliphatic heterocycles. The summed E-state index contributed by atoms with van der Waals surface area (Å²) in [5.74, 6) is -0.544. The van der Waals surface area contributed by atoms with Crippen molar-refractivity contribution in [3.05, 3.63) is 29.8 Å². The summed E-state index contributed by atoms with van der Waals surface area (Å²) in [5, 5.41) is 8.25. The van der Waals surface area contributed by atoms with Crippen LogP contribution in [0.3, 0.4) is 0 Å². The van der Waals surface area contributed by atoms with E-state index in [1.54, 1.807) is 12.1 Å². The summed E-state index contributed by atoms with van der Waals surface area (Å²) in [6.07, 6.45) is 14.7. The third-order valence-electron chi connectivity index (χ3n) is 5.92. The molecule has 1 heterocycles. The van der Waals surface area contributed by atoms with Crippen LogP contribution in [0.15, 0.2) is 29.2 Å². The SMILES string of the molecule is CCCCCCCCCCCCCCN1C(=N)N(S(=O)(=O)c2ccc(C)cc2)CC1=O. The number of unbranched alkanes of at least 4 members (excludes halogenated alkanes) is 11. The third kappa shape index (κ3) is 7.63. The van der Waals surface area contributed by atoms with Gasteiger partial charge < -0.3 is 0 Å². The lowest BCUT2D eigenvalue weighted by Gasteiger charge is -2.20. The smallest absolute Gasteiger partial charge is 0.267 e. The molecule has 0 unspecified atom stereocenters.